The lowest BCUT2D eigenvalue weighted by Gasteiger charge is -2.28. The summed E-state index contributed by atoms with van der Waals surface area (Å²) in [6.07, 6.45) is -4.86. The summed E-state index contributed by atoms with van der Waals surface area (Å²) in [5.74, 6) is 0.170. The van der Waals surface area contributed by atoms with E-state index in [0.29, 0.717) is 11.1 Å². The van der Waals surface area contributed by atoms with Crippen LogP contribution in [0.5, 0.6) is 5.75 Å². The Kier molecular flexibility index (Phi) is 3.38. The molecule has 0 saturated heterocycles. The normalized spacial score (nSPS) is 19.7. The van der Waals surface area contributed by atoms with E-state index in [2.05, 4.69) is 0 Å². The van der Waals surface area contributed by atoms with E-state index in [1.807, 2.05) is 0 Å². The Hall–Kier alpha value is -2.05. The lowest BCUT2D eigenvalue weighted by molar-refractivity contribution is -0.246. The monoisotopic (exact) mass is 310 g/mol. The molecule has 0 spiro atoms. The second kappa shape index (κ2) is 5.00. The number of aliphatic hydroxyl groups is 2. The van der Waals surface area contributed by atoms with Crippen LogP contribution in [0.3, 0.4) is 0 Å². The van der Waals surface area contributed by atoms with E-state index in [9.17, 15) is 18.3 Å². The number of aliphatic hydroxyl groups excluding tert-OH is 1. The zero-order valence-electron chi connectivity index (χ0n) is 11.4. The van der Waals surface area contributed by atoms with Crippen molar-refractivity contribution in [3.8, 4) is 16.9 Å². The first-order valence-corrected chi connectivity index (χ1v) is 6.66. The van der Waals surface area contributed by atoms with Gasteiger partial charge in [0.25, 0.3) is 0 Å². The summed E-state index contributed by atoms with van der Waals surface area (Å²) in [5.41, 5.74) is -2.82. The third-order valence-electron chi connectivity index (χ3n) is 3.76. The van der Waals surface area contributed by atoms with E-state index in [-0.39, 0.29) is 30.1 Å². The highest BCUT2D eigenvalue weighted by Crippen LogP contribution is 2.55. The molecule has 0 saturated carbocycles. The Morgan fingerprint density at radius 3 is 2.36 bits per heavy atom. The van der Waals surface area contributed by atoms with Gasteiger partial charge in [0.15, 0.2) is 0 Å². The molecule has 2 N–H and O–H groups in total. The number of alkyl halides is 3. The highest BCUT2D eigenvalue weighted by atomic mass is 19.4. The van der Waals surface area contributed by atoms with Gasteiger partial charge in [-0.3, -0.25) is 0 Å². The number of hydrogen-bond donors (Lipinski definition) is 2. The minimum Gasteiger partial charge on any atom is -0.491 e. The van der Waals surface area contributed by atoms with Gasteiger partial charge in [0.2, 0.25) is 5.60 Å². The van der Waals surface area contributed by atoms with E-state index in [4.69, 9.17) is 9.84 Å². The van der Waals surface area contributed by atoms with Crippen molar-refractivity contribution in [2.75, 3.05) is 13.2 Å². The fourth-order valence-corrected chi connectivity index (χ4v) is 2.79. The van der Waals surface area contributed by atoms with Gasteiger partial charge in [-0.05, 0) is 23.3 Å². The zero-order valence-corrected chi connectivity index (χ0v) is 11.4. The maximum atomic E-state index is 13.6. The van der Waals surface area contributed by atoms with Crippen LogP contribution < -0.4 is 4.74 Å². The molecular formula is C16H13F3O3. The molecule has 1 aliphatic rings. The van der Waals surface area contributed by atoms with E-state index in [0.717, 1.165) is 0 Å². The van der Waals surface area contributed by atoms with E-state index >= 15 is 0 Å². The molecule has 0 amide bonds. The summed E-state index contributed by atoms with van der Waals surface area (Å²) in [7, 11) is 0. The molecule has 1 aliphatic carbocycles. The number of benzene rings is 2. The molecule has 1 unspecified atom stereocenters. The highest BCUT2D eigenvalue weighted by molar-refractivity contribution is 5.81. The minimum absolute atomic E-state index is 0.0316. The first-order valence-electron chi connectivity index (χ1n) is 6.66. The molecule has 2 aromatic rings. The molecule has 3 nitrogen and oxygen atoms in total. The molecule has 0 bridgehead atoms. The van der Waals surface area contributed by atoms with Gasteiger partial charge in [-0.1, -0.05) is 30.3 Å². The number of hydrogen-bond acceptors (Lipinski definition) is 3. The number of halogens is 3. The van der Waals surface area contributed by atoms with Crippen LogP contribution in [-0.4, -0.2) is 29.6 Å². The maximum absolute atomic E-state index is 13.6. The van der Waals surface area contributed by atoms with Crippen molar-refractivity contribution in [2.45, 2.75) is 11.8 Å². The van der Waals surface area contributed by atoms with Gasteiger partial charge >= 0.3 is 6.18 Å². The van der Waals surface area contributed by atoms with Crippen LogP contribution in [0.1, 0.15) is 11.1 Å². The number of rotatable bonds is 3. The van der Waals surface area contributed by atoms with E-state index in [1.165, 1.54) is 30.3 Å². The molecule has 6 heteroatoms. The van der Waals surface area contributed by atoms with E-state index < -0.39 is 11.8 Å². The van der Waals surface area contributed by atoms with Crippen molar-refractivity contribution in [1.82, 2.24) is 0 Å². The zero-order chi connectivity index (χ0) is 16.0. The summed E-state index contributed by atoms with van der Waals surface area (Å²) in [4.78, 5) is 0. The standard InChI is InChI=1S/C16H13F3O3/c17-16(18,19)15(21)13-4-2-1-3-11(13)12-6-5-10(9-14(12)15)22-8-7-20/h1-6,9,20-21H,7-8H2. The SMILES string of the molecule is OCCOc1ccc2c(c1)C(O)(C(F)(F)F)c1ccccc1-2. The van der Waals surface area contributed by atoms with Gasteiger partial charge < -0.3 is 14.9 Å². The summed E-state index contributed by atoms with van der Waals surface area (Å²) in [5, 5.41) is 19.2. The predicted octanol–water partition coefficient (Wildman–Crippen LogP) is 2.84. The van der Waals surface area contributed by atoms with Gasteiger partial charge in [-0.25, -0.2) is 0 Å². The summed E-state index contributed by atoms with van der Waals surface area (Å²) < 4.78 is 45.8. The van der Waals surface area contributed by atoms with E-state index in [1.54, 1.807) is 12.1 Å². The van der Waals surface area contributed by atoms with Gasteiger partial charge in [0.1, 0.15) is 12.4 Å². The Balaban J connectivity index is 2.21. The van der Waals surface area contributed by atoms with Gasteiger partial charge in [0.05, 0.1) is 6.61 Å². The van der Waals surface area contributed by atoms with Crippen LogP contribution in [0.15, 0.2) is 42.5 Å². The van der Waals surface area contributed by atoms with Crippen LogP contribution >= 0.6 is 0 Å². The second-order valence-electron chi connectivity index (χ2n) is 5.03. The summed E-state index contributed by atoms with van der Waals surface area (Å²) in [6.45, 7) is -0.281. The minimum atomic E-state index is -4.86. The van der Waals surface area contributed by atoms with Gasteiger partial charge in [-0.15, -0.1) is 0 Å². The van der Waals surface area contributed by atoms with Crippen LogP contribution in [-0.2, 0) is 5.60 Å². The van der Waals surface area contributed by atoms with Crippen molar-refractivity contribution in [3.05, 3.63) is 53.6 Å². The lowest BCUT2D eigenvalue weighted by atomic mass is 9.91. The average molecular weight is 310 g/mol. The first-order chi connectivity index (χ1) is 10.4. The van der Waals surface area contributed by atoms with Crippen LogP contribution in [0.4, 0.5) is 13.2 Å². The third-order valence-corrected chi connectivity index (χ3v) is 3.76. The van der Waals surface area contributed by atoms with Gasteiger partial charge in [0, 0.05) is 11.1 Å². The molecule has 0 aliphatic heterocycles. The van der Waals surface area contributed by atoms with Crippen molar-refractivity contribution < 1.29 is 28.1 Å². The second-order valence-corrected chi connectivity index (χ2v) is 5.03. The summed E-state index contributed by atoms with van der Waals surface area (Å²) >= 11 is 0. The molecule has 0 fully saturated rings. The van der Waals surface area contributed by atoms with Crippen molar-refractivity contribution in [3.63, 3.8) is 0 Å². The molecule has 116 valence electrons. The molecular weight excluding hydrogens is 297 g/mol. The summed E-state index contributed by atoms with van der Waals surface area (Å²) in [6, 6.07) is 10.1. The molecule has 0 aromatic heterocycles. The first kappa shape index (κ1) is 14.9. The molecule has 2 aromatic carbocycles. The third kappa shape index (κ3) is 1.99. The van der Waals surface area contributed by atoms with Crippen LogP contribution in [0.25, 0.3) is 11.1 Å². The fraction of sp³-hybridized carbons (Fsp3) is 0.250. The Labute approximate surface area is 124 Å². The smallest absolute Gasteiger partial charge is 0.425 e. The number of fused-ring (bicyclic) bond motifs is 3. The van der Waals surface area contributed by atoms with Crippen LogP contribution in [0, 0.1) is 0 Å². The lowest BCUT2D eigenvalue weighted by Crippen LogP contribution is -2.41. The molecule has 0 radical (unpaired) electrons. The van der Waals surface area contributed by atoms with Gasteiger partial charge in [-0.2, -0.15) is 13.2 Å². The quantitative estimate of drug-likeness (QED) is 0.916. The highest BCUT2D eigenvalue weighted by Gasteiger charge is 2.60. The largest absolute Gasteiger partial charge is 0.491 e. The van der Waals surface area contributed by atoms with Crippen molar-refractivity contribution in [2.24, 2.45) is 0 Å². The van der Waals surface area contributed by atoms with Crippen LogP contribution in [0.2, 0.25) is 0 Å². The van der Waals surface area contributed by atoms with Crippen molar-refractivity contribution >= 4 is 0 Å². The molecule has 3 rings (SSSR count). The maximum Gasteiger partial charge on any atom is 0.425 e. The molecule has 1 atom stereocenters. The predicted molar refractivity (Wildman–Crippen MR) is 73.5 cm³/mol. The van der Waals surface area contributed by atoms with Crippen molar-refractivity contribution in [1.29, 1.82) is 0 Å². The number of ether oxygens (including phenoxy) is 1. The molecule has 22 heavy (non-hydrogen) atoms. The Morgan fingerprint density at radius 1 is 1.00 bits per heavy atom. The topological polar surface area (TPSA) is 49.7 Å². The fourth-order valence-electron chi connectivity index (χ4n) is 2.79. The molecule has 0 heterocycles. The Morgan fingerprint density at radius 2 is 1.68 bits per heavy atom. The average Bonchev–Trinajstić information content (AvgIpc) is 2.76. The Bertz CT molecular complexity index is 712.